The molecule has 0 spiro atoms. The molecule has 1 saturated carbocycles. The Morgan fingerprint density at radius 1 is 1.58 bits per heavy atom. The van der Waals surface area contributed by atoms with Crippen molar-refractivity contribution in [3.05, 3.63) is 17.5 Å². The van der Waals surface area contributed by atoms with Crippen molar-refractivity contribution in [2.24, 2.45) is 5.41 Å². The molecule has 1 heterocycles. The summed E-state index contributed by atoms with van der Waals surface area (Å²) in [6, 6.07) is 4.33. The molecular weight excluding hydrogens is 252 g/mol. The number of hydrogen-bond acceptors (Lipinski definition) is 2. The zero-order valence-electron chi connectivity index (χ0n) is 6.75. The summed E-state index contributed by atoms with van der Waals surface area (Å²) in [6.45, 7) is 0. The van der Waals surface area contributed by atoms with E-state index in [0.29, 0.717) is 5.41 Å². The quantitative estimate of drug-likeness (QED) is 0.584. The lowest BCUT2D eigenvalue weighted by atomic mass is 10.2. The van der Waals surface area contributed by atoms with E-state index in [-0.39, 0.29) is 0 Å². The van der Waals surface area contributed by atoms with Crippen LogP contribution in [0.3, 0.4) is 0 Å². The number of thiophene rings is 1. The van der Waals surface area contributed by atoms with Crippen LogP contribution in [-0.2, 0) is 0 Å². The zero-order chi connectivity index (χ0) is 8.44. The molecule has 1 aromatic heterocycles. The molecule has 0 N–H and O–H groups in total. The summed E-state index contributed by atoms with van der Waals surface area (Å²) >= 11 is 7.45. The van der Waals surface area contributed by atoms with E-state index in [1.54, 1.807) is 0 Å². The summed E-state index contributed by atoms with van der Waals surface area (Å²) in [4.78, 5) is 0. The Bertz CT molecular complexity index is 239. The Kier molecular flexibility index (Phi) is 2.82. The molecule has 3 heteroatoms. The lowest BCUT2D eigenvalue weighted by Crippen LogP contribution is -2.04. The molecule has 0 saturated heterocycles. The second-order valence-corrected chi connectivity index (χ2v) is 6.14. The standard InChI is InChI=1S/C9H11BrS2/c10-6-9(3-4-9)7-12-8-2-1-5-11-8/h1-2,5H,3-4,6-7H2. The van der Waals surface area contributed by atoms with Crippen LogP contribution in [0.25, 0.3) is 0 Å². The van der Waals surface area contributed by atoms with Crippen LogP contribution < -0.4 is 0 Å². The van der Waals surface area contributed by atoms with Gasteiger partial charge >= 0.3 is 0 Å². The predicted octanol–water partition coefficient (Wildman–Crippen LogP) is 4.02. The molecule has 12 heavy (non-hydrogen) atoms. The monoisotopic (exact) mass is 262 g/mol. The van der Waals surface area contributed by atoms with Gasteiger partial charge < -0.3 is 0 Å². The van der Waals surface area contributed by atoms with E-state index in [0.717, 1.165) is 0 Å². The van der Waals surface area contributed by atoms with Gasteiger partial charge in [-0.15, -0.1) is 23.1 Å². The Labute approximate surface area is 89.9 Å². The highest BCUT2D eigenvalue weighted by Gasteiger charge is 2.41. The van der Waals surface area contributed by atoms with Gasteiger partial charge in [-0.2, -0.15) is 0 Å². The molecule has 1 aliphatic carbocycles. The average molecular weight is 263 g/mol. The first-order valence-corrected chi connectivity index (χ1v) is 7.06. The molecule has 0 amide bonds. The highest BCUT2D eigenvalue weighted by atomic mass is 79.9. The van der Waals surface area contributed by atoms with Gasteiger partial charge in [0, 0.05) is 11.1 Å². The Hall–Kier alpha value is 0.530. The minimum absolute atomic E-state index is 0.647. The second kappa shape index (κ2) is 3.72. The van der Waals surface area contributed by atoms with Crippen LogP contribution in [0.2, 0.25) is 0 Å². The van der Waals surface area contributed by atoms with Crippen LogP contribution in [0.1, 0.15) is 12.8 Å². The molecule has 0 radical (unpaired) electrons. The SMILES string of the molecule is BrCC1(CSc2cccs2)CC1. The summed E-state index contributed by atoms with van der Waals surface area (Å²) in [7, 11) is 0. The lowest BCUT2D eigenvalue weighted by molar-refractivity contribution is 0.686. The van der Waals surface area contributed by atoms with E-state index in [4.69, 9.17) is 0 Å². The molecule has 0 aliphatic heterocycles. The van der Waals surface area contributed by atoms with Crippen LogP contribution in [0.15, 0.2) is 21.7 Å². The Morgan fingerprint density at radius 2 is 2.42 bits per heavy atom. The topological polar surface area (TPSA) is 0 Å². The Morgan fingerprint density at radius 3 is 2.92 bits per heavy atom. The third kappa shape index (κ3) is 2.06. The fraction of sp³-hybridized carbons (Fsp3) is 0.556. The van der Waals surface area contributed by atoms with Crippen LogP contribution >= 0.6 is 39.0 Å². The van der Waals surface area contributed by atoms with Crippen LogP contribution in [0.5, 0.6) is 0 Å². The minimum atomic E-state index is 0.647. The van der Waals surface area contributed by atoms with Crippen molar-refractivity contribution in [3.63, 3.8) is 0 Å². The number of halogens is 1. The molecule has 0 unspecified atom stereocenters. The van der Waals surface area contributed by atoms with Gasteiger partial charge in [-0.1, -0.05) is 22.0 Å². The maximum atomic E-state index is 3.59. The van der Waals surface area contributed by atoms with Crippen molar-refractivity contribution in [1.82, 2.24) is 0 Å². The van der Waals surface area contributed by atoms with Crippen LogP contribution in [0.4, 0.5) is 0 Å². The van der Waals surface area contributed by atoms with E-state index in [9.17, 15) is 0 Å². The van der Waals surface area contributed by atoms with Crippen molar-refractivity contribution >= 4 is 39.0 Å². The fourth-order valence-electron chi connectivity index (χ4n) is 1.06. The van der Waals surface area contributed by atoms with Gasteiger partial charge in [0.1, 0.15) is 0 Å². The first kappa shape index (κ1) is 9.10. The highest BCUT2D eigenvalue weighted by Crippen LogP contribution is 2.50. The molecule has 1 fully saturated rings. The maximum absolute atomic E-state index is 3.59. The van der Waals surface area contributed by atoms with Crippen LogP contribution in [-0.4, -0.2) is 11.1 Å². The molecule has 1 aliphatic rings. The lowest BCUT2D eigenvalue weighted by Gasteiger charge is -2.08. The summed E-state index contributed by atoms with van der Waals surface area (Å²) in [5, 5.41) is 3.33. The third-order valence-electron chi connectivity index (χ3n) is 2.26. The van der Waals surface area contributed by atoms with Gasteiger partial charge in [0.05, 0.1) is 4.21 Å². The number of alkyl halides is 1. The molecular formula is C9H11BrS2. The van der Waals surface area contributed by atoms with Crippen molar-refractivity contribution < 1.29 is 0 Å². The van der Waals surface area contributed by atoms with Gasteiger partial charge in [-0.3, -0.25) is 0 Å². The first-order valence-electron chi connectivity index (χ1n) is 4.07. The number of hydrogen-bond donors (Lipinski definition) is 0. The van der Waals surface area contributed by atoms with Crippen molar-refractivity contribution in [2.45, 2.75) is 17.1 Å². The molecule has 1 aromatic rings. The summed E-state index contributed by atoms with van der Waals surface area (Å²) in [5.41, 5.74) is 0.647. The normalized spacial score (nSPS) is 19.4. The molecule has 0 nitrogen and oxygen atoms in total. The van der Waals surface area contributed by atoms with E-state index in [1.807, 2.05) is 23.1 Å². The second-order valence-electron chi connectivity index (χ2n) is 3.35. The molecule has 66 valence electrons. The van der Waals surface area contributed by atoms with E-state index < -0.39 is 0 Å². The van der Waals surface area contributed by atoms with Gasteiger partial charge in [-0.05, 0) is 29.7 Å². The maximum Gasteiger partial charge on any atom is 0.0598 e. The third-order valence-corrected chi connectivity index (χ3v) is 5.93. The highest BCUT2D eigenvalue weighted by molar-refractivity contribution is 9.09. The van der Waals surface area contributed by atoms with E-state index in [1.165, 1.54) is 28.1 Å². The smallest absolute Gasteiger partial charge is 0.0598 e. The van der Waals surface area contributed by atoms with Gasteiger partial charge in [0.15, 0.2) is 0 Å². The largest absolute Gasteiger partial charge is 0.137 e. The predicted molar refractivity (Wildman–Crippen MR) is 60.5 cm³/mol. The van der Waals surface area contributed by atoms with Crippen molar-refractivity contribution in [2.75, 3.05) is 11.1 Å². The average Bonchev–Trinajstić information content (AvgIpc) is 2.70. The van der Waals surface area contributed by atoms with Crippen molar-refractivity contribution in [3.8, 4) is 0 Å². The van der Waals surface area contributed by atoms with E-state index in [2.05, 4.69) is 33.4 Å². The number of rotatable bonds is 4. The zero-order valence-corrected chi connectivity index (χ0v) is 9.97. The molecule has 0 atom stereocenters. The first-order chi connectivity index (χ1) is 5.85. The van der Waals surface area contributed by atoms with Crippen molar-refractivity contribution in [1.29, 1.82) is 0 Å². The van der Waals surface area contributed by atoms with Gasteiger partial charge in [0.25, 0.3) is 0 Å². The van der Waals surface area contributed by atoms with E-state index >= 15 is 0 Å². The molecule has 0 aromatic carbocycles. The number of thioether (sulfide) groups is 1. The summed E-state index contributed by atoms with van der Waals surface area (Å²) in [5.74, 6) is 1.29. The fourth-order valence-corrected chi connectivity index (χ4v) is 4.16. The summed E-state index contributed by atoms with van der Waals surface area (Å²) in [6.07, 6.45) is 2.83. The summed E-state index contributed by atoms with van der Waals surface area (Å²) < 4.78 is 1.46. The molecule has 2 rings (SSSR count). The van der Waals surface area contributed by atoms with Crippen LogP contribution in [0, 0.1) is 5.41 Å². The van der Waals surface area contributed by atoms with Gasteiger partial charge in [-0.25, -0.2) is 0 Å². The minimum Gasteiger partial charge on any atom is -0.137 e. The Balaban J connectivity index is 1.83. The molecule has 0 bridgehead atoms. The van der Waals surface area contributed by atoms with Gasteiger partial charge in [0.2, 0.25) is 0 Å².